The molecule has 0 radical (unpaired) electrons. The molecule has 22 heavy (non-hydrogen) atoms. The molecular formula is C17H24N2O2S. The summed E-state index contributed by atoms with van der Waals surface area (Å²) in [5.41, 5.74) is 1.28. The fourth-order valence-corrected chi connectivity index (χ4v) is 4.91. The standard InChI is InChI=1S/C17H24N2O2S/c20-15-3-1-2-14(15)18-7-9-19(10-8-18)17(21)16-13(6-11-22-16)12-4-5-12/h6,11-12,14-15,20H,1-5,7-10H2. The number of hydrogen-bond acceptors (Lipinski definition) is 4. The van der Waals surface area contributed by atoms with Crippen LogP contribution in [-0.2, 0) is 0 Å². The van der Waals surface area contributed by atoms with Gasteiger partial charge in [-0.15, -0.1) is 11.3 Å². The molecule has 2 saturated carbocycles. The molecule has 4 rings (SSSR count). The normalized spacial score (nSPS) is 30.0. The van der Waals surface area contributed by atoms with Gasteiger partial charge in [0.2, 0.25) is 0 Å². The zero-order valence-electron chi connectivity index (χ0n) is 12.9. The summed E-state index contributed by atoms with van der Waals surface area (Å²) < 4.78 is 0. The first-order chi connectivity index (χ1) is 10.7. The first-order valence-electron chi connectivity index (χ1n) is 8.53. The zero-order chi connectivity index (χ0) is 15.1. The van der Waals surface area contributed by atoms with Crippen molar-refractivity contribution in [2.75, 3.05) is 26.2 Å². The number of thiophene rings is 1. The Kier molecular flexibility index (Phi) is 3.96. The molecule has 0 bridgehead atoms. The van der Waals surface area contributed by atoms with Gasteiger partial charge in [0.15, 0.2) is 0 Å². The molecule has 1 aliphatic heterocycles. The van der Waals surface area contributed by atoms with Crippen LogP contribution in [0, 0.1) is 0 Å². The Morgan fingerprint density at radius 3 is 2.55 bits per heavy atom. The number of amides is 1. The third-order valence-corrected chi connectivity index (χ3v) is 6.34. The van der Waals surface area contributed by atoms with Gasteiger partial charge >= 0.3 is 0 Å². The maximum atomic E-state index is 12.8. The Hall–Kier alpha value is -0.910. The minimum atomic E-state index is -0.166. The van der Waals surface area contributed by atoms with Gasteiger partial charge in [0, 0.05) is 32.2 Å². The van der Waals surface area contributed by atoms with Crippen molar-refractivity contribution in [3.8, 4) is 0 Å². The molecule has 2 heterocycles. The Labute approximate surface area is 135 Å². The summed E-state index contributed by atoms with van der Waals surface area (Å²) in [6.07, 6.45) is 5.48. The van der Waals surface area contributed by atoms with E-state index >= 15 is 0 Å². The Morgan fingerprint density at radius 1 is 1.14 bits per heavy atom. The van der Waals surface area contributed by atoms with Crippen molar-refractivity contribution >= 4 is 17.2 Å². The van der Waals surface area contributed by atoms with Crippen LogP contribution in [0.25, 0.3) is 0 Å². The molecule has 1 N–H and O–H groups in total. The molecule has 2 atom stereocenters. The van der Waals surface area contributed by atoms with Crippen LogP contribution in [0.3, 0.4) is 0 Å². The minimum absolute atomic E-state index is 0.166. The predicted molar refractivity (Wildman–Crippen MR) is 87.4 cm³/mol. The lowest BCUT2D eigenvalue weighted by molar-refractivity contribution is 0.0317. The summed E-state index contributed by atoms with van der Waals surface area (Å²) in [5.74, 6) is 0.864. The van der Waals surface area contributed by atoms with E-state index in [1.807, 2.05) is 4.90 Å². The molecule has 1 aromatic heterocycles. The smallest absolute Gasteiger partial charge is 0.264 e. The summed E-state index contributed by atoms with van der Waals surface area (Å²) in [7, 11) is 0. The summed E-state index contributed by atoms with van der Waals surface area (Å²) in [6.45, 7) is 3.39. The van der Waals surface area contributed by atoms with Gasteiger partial charge < -0.3 is 10.0 Å². The number of carbonyl (C=O) groups is 1. The number of nitrogens with zero attached hydrogens (tertiary/aromatic N) is 2. The molecule has 3 fully saturated rings. The monoisotopic (exact) mass is 320 g/mol. The van der Waals surface area contributed by atoms with E-state index in [2.05, 4.69) is 16.3 Å². The van der Waals surface area contributed by atoms with Crippen molar-refractivity contribution in [3.63, 3.8) is 0 Å². The quantitative estimate of drug-likeness (QED) is 0.929. The second-order valence-corrected chi connectivity index (χ2v) is 7.79. The number of rotatable bonds is 3. The second-order valence-electron chi connectivity index (χ2n) is 6.87. The third-order valence-electron chi connectivity index (χ3n) is 5.42. The second kappa shape index (κ2) is 5.95. The Morgan fingerprint density at radius 2 is 1.91 bits per heavy atom. The molecule has 1 saturated heterocycles. The van der Waals surface area contributed by atoms with Crippen molar-refractivity contribution in [1.29, 1.82) is 0 Å². The number of aliphatic hydroxyl groups is 1. The van der Waals surface area contributed by atoms with Crippen LogP contribution >= 0.6 is 11.3 Å². The van der Waals surface area contributed by atoms with Gasteiger partial charge in [-0.05, 0) is 55.0 Å². The van der Waals surface area contributed by atoms with E-state index in [-0.39, 0.29) is 12.0 Å². The molecule has 1 amide bonds. The lowest BCUT2D eigenvalue weighted by Gasteiger charge is -2.39. The van der Waals surface area contributed by atoms with E-state index in [9.17, 15) is 9.90 Å². The van der Waals surface area contributed by atoms with Gasteiger partial charge in [-0.1, -0.05) is 0 Å². The van der Waals surface area contributed by atoms with Gasteiger partial charge in [-0.25, -0.2) is 0 Å². The number of piperazine rings is 1. The highest BCUT2D eigenvalue weighted by molar-refractivity contribution is 7.12. The molecule has 3 aliphatic rings. The lowest BCUT2D eigenvalue weighted by Crippen LogP contribution is -2.53. The van der Waals surface area contributed by atoms with Crippen molar-refractivity contribution in [3.05, 3.63) is 21.9 Å². The first kappa shape index (κ1) is 14.7. The fourth-order valence-electron chi connectivity index (χ4n) is 3.96. The highest BCUT2D eigenvalue weighted by Gasteiger charge is 2.35. The third kappa shape index (κ3) is 2.70. The van der Waals surface area contributed by atoms with Crippen LogP contribution in [0.2, 0.25) is 0 Å². The van der Waals surface area contributed by atoms with E-state index in [0.29, 0.717) is 12.0 Å². The lowest BCUT2D eigenvalue weighted by atomic mass is 10.1. The molecular weight excluding hydrogens is 296 g/mol. The van der Waals surface area contributed by atoms with Crippen molar-refractivity contribution < 1.29 is 9.90 Å². The Bertz CT molecular complexity index is 547. The van der Waals surface area contributed by atoms with Crippen molar-refractivity contribution in [2.45, 2.75) is 50.2 Å². The highest BCUT2D eigenvalue weighted by Crippen LogP contribution is 2.43. The summed E-state index contributed by atoms with van der Waals surface area (Å²) >= 11 is 1.60. The van der Waals surface area contributed by atoms with Gasteiger partial charge in [0.1, 0.15) is 0 Å². The molecule has 4 nitrogen and oxygen atoms in total. The van der Waals surface area contributed by atoms with Crippen molar-refractivity contribution in [1.82, 2.24) is 9.80 Å². The van der Waals surface area contributed by atoms with Crippen LogP contribution in [0.15, 0.2) is 11.4 Å². The maximum absolute atomic E-state index is 12.8. The highest BCUT2D eigenvalue weighted by atomic mass is 32.1. The molecule has 0 spiro atoms. The van der Waals surface area contributed by atoms with E-state index in [4.69, 9.17) is 0 Å². The average molecular weight is 320 g/mol. The van der Waals surface area contributed by atoms with Crippen molar-refractivity contribution in [2.24, 2.45) is 0 Å². The topological polar surface area (TPSA) is 43.8 Å². The van der Waals surface area contributed by atoms with Crippen LogP contribution in [0.4, 0.5) is 0 Å². The van der Waals surface area contributed by atoms with E-state index < -0.39 is 0 Å². The zero-order valence-corrected chi connectivity index (χ0v) is 13.7. The molecule has 1 aromatic rings. The number of hydrogen-bond donors (Lipinski definition) is 1. The van der Waals surface area contributed by atoms with E-state index in [1.54, 1.807) is 11.3 Å². The summed E-state index contributed by atoms with van der Waals surface area (Å²) in [5, 5.41) is 12.1. The number of aliphatic hydroxyl groups excluding tert-OH is 1. The predicted octanol–water partition coefficient (Wildman–Crippen LogP) is 2.30. The van der Waals surface area contributed by atoms with Crippen LogP contribution in [0.5, 0.6) is 0 Å². The van der Waals surface area contributed by atoms with E-state index in [0.717, 1.165) is 50.3 Å². The van der Waals surface area contributed by atoms with Gasteiger partial charge in [-0.2, -0.15) is 0 Å². The Balaban J connectivity index is 1.38. The fraction of sp³-hybridized carbons (Fsp3) is 0.706. The van der Waals surface area contributed by atoms with Crippen LogP contribution in [-0.4, -0.2) is 59.1 Å². The summed E-state index contributed by atoms with van der Waals surface area (Å²) in [6, 6.07) is 2.46. The average Bonchev–Trinajstić information content (AvgIpc) is 3.11. The molecule has 5 heteroatoms. The maximum Gasteiger partial charge on any atom is 0.264 e. The summed E-state index contributed by atoms with van der Waals surface area (Å²) in [4.78, 5) is 18.1. The SMILES string of the molecule is O=C(c1sccc1C1CC1)N1CCN(C2CCCC2O)CC1. The van der Waals surface area contributed by atoms with Gasteiger partial charge in [0.25, 0.3) is 5.91 Å². The minimum Gasteiger partial charge on any atom is -0.391 e. The van der Waals surface area contributed by atoms with E-state index in [1.165, 1.54) is 18.4 Å². The number of carbonyl (C=O) groups excluding carboxylic acids is 1. The largest absolute Gasteiger partial charge is 0.391 e. The first-order valence-corrected chi connectivity index (χ1v) is 9.41. The van der Waals surface area contributed by atoms with Gasteiger partial charge in [-0.3, -0.25) is 9.69 Å². The molecule has 0 aromatic carbocycles. The molecule has 2 unspecified atom stereocenters. The van der Waals surface area contributed by atoms with Gasteiger partial charge in [0.05, 0.1) is 11.0 Å². The molecule has 2 aliphatic carbocycles. The van der Waals surface area contributed by atoms with Crippen LogP contribution < -0.4 is 0 Å². The van der Waals surface area contributed by atoms with Crippen LogP contribution in [0.1, 0.15) is 53.3 Å². The molecule has 120 valence electrons.